The lowest BCUT2D eigenvalue weighted by Crippen LogP contribution is -2.47. The molecule has 1 atom stereocenters. The molecule has 2 amide bonds. The van der Waals surface area contributed by atoms with Crippen LogP contribution < -0.4 is 10.2 Å². The van der Waals surface area contributed by atoms with Gasteiger partial charge in [-0.25, -0.2) is 12.8 Å². The van der Waals surface area contributed by atoms with Crippen molar-refractivity contribution in [1.29, 1.82) is 0 Å². The Bertz CT molecular complexity index is 1150. The van der Waals surface area contributed by atoms with E-state index in [1.807, 2.05) is 0 Å². The van der Waals surface area contributed by atoms with Crippen LogP contribution in [0.3, 0.4) is 0 Å². The van der Waals surface area contributed by atoms with Gasteiger partial charge in [0.25, 0.3) is 0 Å². The summed E-state index contributed by atoms with van der Waals surface area (Å²) in [4.78, 5) is 26.7. The van der Waals surface area contributed by atoms with Crippen LogP contribution in [0.1, 0.15) is 18.1 Å². The van der Waals surface area contributed by atoms with Gasteiger partial charge in [0, 0.05) is 44.2 Å². The Balaban J connectivity index is 1.55. The van der Waals surface area contributed by atoms with Gasteiger partial charge in [0.15, 0.2) is 0 Å². The molecule has 0 aromatic heterocycles. The Labute approximate surface area is 186 Å². The number of halogens is 1. The number of benzene rings is 2. The van der Waals surface area contributed by atoms with Gasteiger partial charge in [0.1, 0.15) is 11.9 Å². The molecule has 8 nitrogen and oxygen atoms in total. The lowest BCUT2D eigenvalue weighted by atomic mass is 10.1. The van der Waals surface area contributed by atoms with Crippen molar-refractivity contribution in [3.63, 3.8) is 0 Å². The maximum Gasteiger partial charge on any atom is 0.243 e. The number of hydrogen-bond donors (Lipinski definition) is 1. The maximum atomic E-state index is 13.9. The van der Waals surface area contributed by atoms with E-state index >= 15 is 0 Å². The lowest BCUT2D eigenvalue weighted by molar-refractivity contribution is -0.125. The van der Waals surface area contributed by atoms with E-state index in [1.165, 1.54) is 34.3 Å². The Hall–Kier alpha value is -2.82. The van der Waals surface area contributed by atoms with Gasteiger partial charge in [-0.3, -0.25) is 14.5 Å². The molecule has 4 rings (SSSR count). The normalized spacial score (nSPS) is 18.9. The molecular formula is C22H24FN3O5S. The molecule has 0 bridgehead atoms. The fourth-order valence-corrected chi connectivity index (χ4v) is 5.52. The number of nitrogens with one attached hydrogen (secondary N) is 1. The first-order valence-electron chi connectivity index (χ1n) is 10.3. The number of fused-ring (bicyclic) bond motifs is 1. The monoisotopic (exact) mass is 461 g/mol. The highest BCUT2D eigenvalue weighted by Crippen LogP contribution is 2.35. The molecule has 0 spiro atoms. The standard InChI is InChI=1S/C22H24FN3O5S/c1-15(27)26-20-7-6-18(32(29,30)25-8-10-31-11-9-25)12-17(20)13-21(26)22(28)24-14-16-4-2-3-5-19(16)23/h2-7,12,21H,8-11,13-14H2,1H3,(H,24,28)/t21-/m0/s1. The summed E-state index contributed by atoms with van der Waals surface area (Å²) in [6.45, 7) is 2.57. The van der Waals surface area contributed by atoms with E-state index < -0.39 is 27.8 Å². The van der Waals surface area contributed by atoms with E-state index in [9.17, 15) is 22.4 Å². The fraction of sp³-hybridized carbons (Fsp3) is 0.364. The highest BCUT2D eigenvalue weighted by Gasteiger charge is 2.38. The molecule has 2 heterocycles. The molecule has 1 N–H and O–H groups in total. The van der Waals surface area contributed by atoms with Crippen molar-refractivity contribution >= 4 is 27.5 Å². The molecule has 0 saturated carbocycles. The molecule has 2 aromatic carbocycles. The van der Waals surface area contributed by atoms with Crippen molar-refractivity contribution in [2.45, 2.75) is 30.8 Å². The number of sulfonamides is 1. The third kappa shape index (κ3) is 4.25. The zero-order chi connectivity index (χ0) is 22.9. The Morgan fingerprint density at radius 2 is 1.88 bits per heavy atom. The molecule has 1 saturated heterocycles. The van der Waals surface area contributed by atoms with Crippen molar-refractivity contribution in [2.75, 3.05) is 31.2 Å². The average Bonchev–Trinajstić information content (AvgIpc) is 3.18. The predicted octanol–water partition coefficient (Wildman–Crippen LogP) is 1.44. The second-order valence-electron chi connectivity index (χ2n) is 7.73. The van der Waals surface area contributed by atoms with Gasteiger partial charge < -0.3 is 10.1 Å². The molecule has 2 aliphatic heterocycles. The smallest absolute Gasteiger partial charge is 0.243 e. The van der Waals surface area contributed by atoms with Crippen LogP contribution in [-0.2, 0) is 37.3 Å². The van der Waals surface area contributed by atoms with Crippen LogP contribution >= 0.6 is 0 Å². The zero-order valence-electron chi connectivity index (χ0n) is 17.6. The van der Waals surface area contributed by atoms with Crippen molar-refractivity contribution in [3.05, 3.63) is 59.4 Å². The molecule has 0 unspecified atom stereocenters. The summed E-state index contributed by atoms with van der Waals surface area (Å²) in [5.74, 6) is -1.19. The first kappa shape index (κ1) is 22.4. The van der Waals surface area contributed by atoms with E-state index in [-0.39, 0.29) is 36.9 Å². The number of hydrogen-bond acceptors (Lipinski definition) is 5. The van der Waals surface area contributed by atoms with Crippen LogP contribution in [0.5, 0.6) is 0 Å². The third-order valence-corrected chi connectivity index (χ3v) is 7.59. The molecule has 1 fully saturated rings. The SMILES string of the molecule is CC(=O)N1c2ccc(S(=O)(=O)N3CCOCC3)cc2C[C@H]1C(=O)NCc1ccccc1F. The van der Waals surface area contributed by atoms with Crippen molar-refractivity contribution in [1.82, 2.24) is 9.62 Å². The summed E-state index contributed by atoms with van der Waals surface area (Å²) in [7, 11) is -3.70. The molecule has 10 heteroatoms. The van der Waals surface area contributed by atoms with Gasteiger partial charge in [-0.2, -0.15) is 4.31 Å². The quantitative estimate of drug-likeness (QED) is 0.727. The highest BCUT2D eigenvalue weighted by atomic mass is 32.2. The predicted molar refractivity (Wildman–Crippen MR) is 115 cm³/mol. The van der Waals surface area contributed by atoms with Crippen LogP contribution in [0, 0.1) is 5.82 Å². The van der Waals surface area contributed by atoms with Crippen LogP contribution in [0.2, 0.25) is 0 Å². The van der Waals surface area contributed by atoms with Crippen LogP contribution in [0.15, 0.2) is 47.4 Å². The summed E-state index contributed by atoms with van der Waals surface area (Å²) in [6.07, 6.45) is 0.171. The van der Waals surface area contributed by atoms with Crippen LogP contribution in [0.25, 0.3) is 0 Å². The number of anilines is 1. The summed E-state index contributed by atoms with van der Waals surface area (Å²) >= 11 is 0. The highest BCUT2D eigenvalue weighted by molar-refractivity contribution is 7.89. The van der Waals surface area contributed by atoms with E-state index in [4.69, 9.17) is 4.74 Å². The topological polar surface area (TPSA) is 96.0 Å². The number of rotatable bonds is 5. The molecular weight excluding hydrogens is 437 g/mol. The largest absolute Gasteiger partial charge is 0.379 e. The molecule has 2 aliphatic rings. The van der Waals surface area contributed by atoms with Crippen LogP contribution in [-0.4, -0.2) is 56.9 Å². The minimum Gasteiger partial charge on any atom is -0.379 e. The van der Waals surface area contributed by atoms with Crippen LogP contribution in [0.4, 0.5) is 10.1 Å². The van der Waals surface area contributed by atoms with E-state index in [1.54, 1.807) is 24.3 Å². The van der Waals surface area contributed by atoms with E-state index in [2.05, 4.69) is 5.32 Å². The van der Waals surface area contributed by atoms with Crippen molar-refractivity contribution in [2.24, 2.45) is 0 Å². The number of carbonyl (C=O) groups excluding carboxylic acids is 2. The molecule has 2 aromatic rings. The Kier molecular flexibility index (Phi) is 6.27. The summed E-state index contributed by atoms with van der Waals surface area (Å²) in [5.41, 5.74) is 1.44. The second kappa shape index (κ2) is 8.97. The third-order valence-electron chi connectivity index (χ3n) is 5.70. The van der Waals surface area contributed by atoms with Gasteiger partial charge in [-0.05, 0) is 29.8 Å². The number of ether oxygens (including phenoxy) is 1. The van der Waals surface area contributed by atoms with Crippen molar-refractivity contribution in [3.8, 4) is 0 Å². The fourth-order valence-electron chi connectivity index (χ4n) is 4.07. The first-order chi connectivity index (χ1) is 15.3. The van der Waals surface area contributed by atoms with Gasteiger partial charge >= 0.3 is 0 Å². The van der Waals surface area contributed by atoms with E-state index in [0.29, 0.717) is 30.0 Å². The molecule has 32 heavy (non-hydrogen) atoms. The molecule has 0 aliphatic carbocycles. The number of morpholine rings is 1. The molecule has 170 valence electrons. The molecule has 0 radical (unpaired) electrons. The van der Waals surface area contributed by atoms with Gasteiger partial charge in [-0.15, -0.1) is 0 Å². The van der Waals surface area contributed by atoms with Crippen molar-refractivity contribution < 1.29 is 27.1 Å². The van der Waals surface area contributed by atoms with Gasteiger partial charge in [-0.1, -0.05) is 18.2 Å². The first-order valence-corrected chi connectivity index (χ1v) is 11.7. The minimum absolute atomic E-state index is 0.0131. The summed E-state index contributed by atoms with van der Waals surface area (Å²) in [6, 6.07) is 9.84. The second-order valence-corrected chi connectivity index (χ2v) is 9.66. The average molecular weight is 462 g/mol. The zero-order valence-corrected chi connectivity index (χ0v) is 18.4. The minimum atomic E-state index is -3.70. The number of nitrogens with zero attached hydrogens (tertiary/aromatic N) is 2. The maximum absolute atomic E-state index is 13.9. The van der Waals surface area contributed by atoms with E-state index in [0.717, 1.165) is 0 Å². The lowest BCUT2D eigenvalue weighted by Gasteiger charge is -2.26. The Morgan fingerprint density at radius 1 is 1.16 bits per heavy atom. The summed E-state index contributed by atoms with van der Waals surface area (Å²) in [5, 5.41) is 2.68. The number of amides is 2. The number of carbonyl (C=O) groups is 2. The summed E-state index contributed by atoms with van der Waals surface area (Å²) < 4.78 is 46.4. The Morgan fingerprint density at radius 3 is 2.56 bits per heavy atom. The van der Waals surface area contributed by atoms with Gasteiger partial charge in [0.05, 0.1) is 18.1 Å². The van der Waals surface area contributed by atoms with Gasteiger partial charge in [0.2, 0.25) is 21.8 Å².